The topological polar surface area (TPSA) is 97.4 Å². The predicted octanol–water partition coefficient (Wildman–Crippen LogP) is 4.91. The van der Waals surface area contributed by atoms with E-state index >= 15 is 0 Å². The lowest BCUT2D eigenvalue weighted by Gasteiger charge is -2.43. The number of nitrogens with one attached hydrogen (secondary N) is 1. The van der Waals surface area contributed by atoms with E-state index < -0.39 is 12.1 Å². The summed E-state index contributed by atoms with van der Waals surface area (Å²) in [6.45, 7) is 7.18. The molecule has 236 valence electrons. The van der Waals surface area contributed by atoms with Gasteiger partial charge >= 0.3 is 12.4 Å². The minimum absolute atomic E-state index is 0.0165. The van der Waals surface area contributed by atoms with E-state index in [0.29, 0.717) is 43.1 Å². The number of nitrogens with zero attached hydrogens (tertiary/aromatic N) is 7. The summed E-state index contributed by atoms with van der Waals surface area (Å²) in [7, 11) is 3.59. The van der Waals surface area contributed by atoms with Crippen molar-refractivity contribution in [2.75, 3.05) is 66.8 Å². The van der Waals surface area contributed by atoms with Crippen LogP contribution in [0, 0.1) is 0 Å². The molecule has 3 aromatic rings. The number of benzene rings is 2. The maximum Gasteiger partial charge on any atom is 0.573 e. The average Bonchev–Trinajstić information content (AvgIpc) is 3.02. The van der Waals surface area contributed by atoms with Crippen molar-refractivity contribution in [3.05, 3.63) is 72.4 Å². The molecule has 6 rings (SSSR count). The Morgan fingerprint density at radius 2 is 1.84 bits per heavy atom. The summed E-state index contributed by atoms with van der Waals surface area (Å²) < 4.78 is 44.6. The van der Waals surface area contributed by atoms with Gasteiger partial charge in [-0.1, -0.05) is 24.8 Å². The maximum absolute atomic E-state index is 13.7. The number of alkyl halides is 3. The molecule has 1 fully saturated rings. The van der Waals surface area contributed by atoms with Gasteiger partial charge in [0, 0.05) is 69.0 Å². The van der Waals surface area contributed by atoms with Crippen molar-refractivity contribution >= 4 is 40.8 Å². The first-order valence-corrected chi connectivity index (χ1v) is 14.6. The zero-order chi connectivity index (χ0) is 31.9. The van der Waals surface area contributed by atoms with Crippen LogP contribution < -0.4 is 24.8 Å². The molecule has 0 radical (unpaired) electrons. The molecule has 3 aliphatic heterocycles. The Balaban J connectivity index is 1.25. The summed E-state index contributed by atoms with van der Waals surface area (Å²) in [5.74, 6) is -0.258. The van der Waals surface area contributed by atoms with Crippen LogP contribution in [0.15, 0.2) is 61.3 Å². The highest BCUT2D eigenvalue weighted by atomic mass is 19.4. The molecule has 11 nitrogen and oxygen atoms in total. The van der Waals surface area contributed by atoms with Gasteiger partial charge in [-0.3, -0.25) is 9.69 Å². The van der Waals surface area contributed by atoms with Crippen molar-refractivity contribution in [3.63, 3.8) is 0 Å². The highest BCUT2D eigenvalue weighted by Gasteiger charge is 2.39. The van der Waals surface area contributed by atoms with Gasteiger partial charge < -0.3 is 29.7 Å². The third kappa shape index (κ3) is 6.10. The quantitative estimate of drug-likeness (QED) is 0.388. The number of rotatable bonds is 6. The maximum atomic E-state index is 13.7. The van der Waals surface area contributed by atoms with Crippen LogP contribution in [0.1, 0.15) is 23.6 Å². The van der Waals surface area contributed by atoms with Crippen molar-refractivity contribution in [1.29, 1.82) is 0 Å². The van der Waals surface area contributed by atoms with Crippen LogP contribution in [0.25, 0.3) is 0 Å². The van der Waals surface area contributed by atoms with Gasteiger partial charge in [0.25, 0.3) is 0 Å². The molecule has 45 heavy (non-hydrogen) atoms. The van der Waals surface area contributed by atoms with Crippen molar-refractivity contribution in [2.45, 2.75) is 25.4 Å². The second kappa shape index (κ2) is 11.9. The molecule has 1 unspecified atom stereocenters. The zero-order valence-corrected chi connectivity index (χ0v) is 24.9. The van der Waals surface area contributed by atoms with Crippen LogP contribution in [0.3, 0.4) is 0 Å². The standard InChI is InChI=1S/C31H33F3N8O3/c1-4-27(43)41-12-11-25(22-7-5-6-8-24(22)41)42-19-20-18-35-29(37-28(20)39(3)30(42)44)36-23-10-9-21(17-26(23)45-31(32,33)34)40-15-13-38(2)14-16-40/h4-10,17-18,25H,1,11-16,19H2,2-3H3,(H,35,36,37). The Morgan fingerprint density at radius 3 is 2.58 bits per heavy atom. The SMILES string of the molecule is C=CC(=O)N1CCC(N2Cc3cnc(Nc4ccc(N5CCN(C)CC5)cc4OC(F)(F)F)nc3N(C)C2=O)c2ccccc21. The lowest BCUT2D eigenvalue weighted by molar-refractivity contribution is -0.274. The molecule has 3 aliphatic rings. The van der Waals surface area contributed by atoms with E-state index in [0.717, 1.165) is 24.3 Å². The minimum atomic E-state index is -4.91. The first-order chi connectivity index (χ1) is 21.5. The first-order valence-electron chi connectivity index (χ1n) is 14.6. The van der Waals surface area contributed by atoms with Crippen molar-refractivity contribution in [2.24, 2.45) is 0 Å². The van der Waals surface area contributed by atoms with Crippen molar-refractivity contribution in [1.82, 2.24) is 19.8 Å². The van der Waals surface area contributed by atoms with Crippen LogP contribution in [0.5, 0.6) is 5.75 Å². The van der Waals surface area contributed by atoms with Crippen LogP contribution in [0.2, 0.25) is 0 Å². The Labute approximate surface area is 258 Å². The van der Waals surface area contributed by atoms with Gasteiger partial charge in [-0.05, 0) is 43.3 Å². The molecule has 14 heteroatoms. The number of carbonyl (C=O) groups excluding carboxylic acids is 2. The number of hydrogen-bond acceptors (Lipinski definition) is 8. The second-order valence-corrected chi connectivity index (χ2v) is 11.2. The number of aromatic nitrogens is 2. The number of ether oxygens (including phenoxy) is 1. The van der Waals surface area contributed by atoms with E-state index in [1.54, 1.807) is 29.1 Å². The molecule has 3 amide bonds. The van der Waals surface area contributed by atoms with Gasteiger partial charge in [0.1, 0.15) is 5.82 Å². The second-order valence-electron chi connectivity index (χ2n) is 11.2. The fourth-order valence-corrected chi connectivity index (χ4v) is 6.05. The van der Waals surface area contributed by atoms with Gasteiger partial charge in [-0.25, -0.2) is 9.78 Å². The molecule has 1 atom stereocenters. The van der Waals surface area contributed by atoms with E-state index in [2.05, 4.69) is 31.5 Å². The number of fused-ring (bicyclic) bond motifs is 2. The third-order valence-corrected chi connectivity index (χ3v) is 8.37. The summed E-state index contributed by atoms with van der Waals surface area (Å²) in [4.78, 5) is 44.0. The number of para-hydroxylation sites is 1. The predicted molar refractivity (Wildman–Crippen MR) is 164 cm³/mol. The molecule has 1 N–H and O–H groups in total. The average molecular weight is 623 g/mol. The van der Waals surface area contributed by atoms with Gasteiger partial charge in [-0.15, -0.1) is 13.2 Å². The monoisotopic (exact) mass is 622 g/mol. The van der Waals surface area contributed by atoms with Gasteiger partial charge in [0.15, 0.2) is 5.75 Å². The highest BCUT2D eigenvalue weighted by Crippen LogP contribution is 2.41. The van der Waals surface area contributed by atoms with Crippen LogP contribution in [-0.2, 0) is 11.3 Å². The van der Waals surface area contributed by atoms with E-state index in [4.69, 9.17) is 0 Å². The summed E-state index contributed by atoms with van der Waals surface area (Å²) in [6, 6.07) is 11.5. The molecule has 0 saturated carbocycles. The Morgan fingerprint density at radius 1 is 1.09 bits per heavy atom. The van der Waals surface area contributed by atoms with E-state index in [-0.39, 0.29) is 36.2 Å². The number of amides is 3. The fourth-order valence-electron chi connectivity index (χ4n) is 6.05. The molecule has 0 bridgehead atoms. The summed E-state index contributed by atoms with van der Waals surface area (Å²) >= 11 is 0. The molecule has 1 aromatic heterocycles. The number of anilines is 5. The number of carbonyl (C=O) groups is 2. The van der Waals surface area contributed by atoms with E-state index in [1.807, 2.05) is 36.2 Å². The lowest BCUT2D eigenvalue weighted by atomic mass is 9.94. The molecule has 4 heterocycles. The number of hydrogen-bond donors (Lipinski definition) is 1. The smallest absolute Gasteiger partial charge is 0.403 e. The summed E-state index contributed by atoms with van der Waals surface area (Å²) in [5.41, 5.74) is 2.90. The third-order valence-electron chi connectivity index (χ3n) is 8.37. The Kier molecular flexibility index (Phi) is 7.99. The van der Waals surface area contributed by atoms with Crippen molar-refractivity contribution < 1.29 is 27.5 Å². The number of piperazine rings is 1. The molecule has 1 saturated heterocycles. The lowest BCUT2D eigenvalue weighted by Crippen LogP contribution is -2.49. The molecular formula is C31H33F3N8O3. The normalized spacial score (nSPS) is 18.8. The molecular weight excluding hydrogens is 589 g/mol. The van der Waals surface area contributed by atoms with Crippen molar-refractivity contribution in [3.8, 4) is 5.75 Å². The first kappa shape index (κ1) is 30.2. The van der Waals surface area contributed by atoms with Gasteiger partial charge in [0.2, 0.25) is 11.9 Å². The summed E-state index contributed by atoms with van der Waals surface area (Å²) in [6.07, 6.45) is -1.54. The molecule has 2 aromatic carbocycles. The number of likely N-dealkylation sites (N-methyl/N-ethyl adjacent to an activating group) is 1. The van der Waals surface area contributed by atoms with Gasteiger partial charge in [-0.2, -0.15) is 4.98 Å². The Bertz CT molecular complexity index is 1630. The Hall–Kier alpha value is -4.85. The van der Waals surface area contributed by atoms with E-state index in [9.17, 15) is 22.8 Å². The largest absolute Gasteiger partial charge is 0.573 e. The van der Waals surface area contributed by atoms with Crippen LogP contribution >= 0.6 is 0 Å². The van der Waals surface area contributed by atoms with Crippen LogP contribution in [0.4, 0.5) is 46.8 Å². The number of urea groups is 1. The molecule has 0 spiro atoms. The van der Waals surface area contributed by atoms with Crippen LogP contribution in [-0.4, -0.2) is 84.9 Å². The highest BCUT2D eigenvalue weighted by molar-refractivity contribution is 6.02. The summed E-state index contributed by atoms with van der Waals surface area (Å²) in [5, 5.41) is 2.86. The minimum Gasteiger partial charge on any atom is -0.403 e. The van der Waals surface area contributed by atoms with E-state index in [1.165, 1.54) is 23.1 Å². The zero-order valence-electron chi connectivity index (χ0n) is 24.9. The fraction of sp³-hybridized carbons (Fsp3) is 0.355. The van der Waals surface area contributed by atoms with Gasteiger partial charge in [0.05, 0.1) is 18.3 Å². The number of halogens is 3. The molecule has 0 aliphatic carbocycles.